The standard InChI is InChI=1S/C30H46O3/c1-3-5-7-9-11-13-15-19-25-21-17-23-27(31)29(25)33-30-26(22-18-24-28(30)32)20-16-14-12-10-8-6-4-2/h17-18,21-24,31-32H,3-16,19-20H2,1-2H3. The second kappa shape index (κ2) is 16.5. The van der Waals surface area contributed by atoms with Crippen molar-refractivity contribution in [2.24, 2.45) is 0 Å². The fourth-order valence-corrected chi connectivity index (χ4v) is 4.42. The van der Waals surface area contributed by atoms with E-state index in [1.54, 1.807) is 12.1 Å². The molecule has 3 nitrogen and oxygen atoms in total. The number of phenols is 2. The van der Waals surface area contributed by atoms with Gasteiger partial charge in [-0.25, -0.2) is 0 Å². The molecule has 3 heteroatoms. The molecule has 2 aromatic rings. The first-order chi connectivity index (χ1) is 16.2. The van der Waals surface area contributed by atoms with E-state index < -0.39 is 0 Å². The van der Waals surface area contributed by atoms with E-state index in [9.17, 15) is 10.2 Å². The molecule has 0 saturated heterocycles. The van der Waals surface area contributed by atoms with E-state index in [0.717, 1.165) is 36.8 Å². The van der Waals surface area contributed by atoms with Gasteiger partial charge in [0.15, 0.2) is 23.0 Å². The van der Waals surface area contributed by atoms with Gasteiger partial charge in [-0.1, -0.05) is 115 Å². The Labute approximate surface area is 202 Å². The van der Waals surface area contributed by atoms with Crippen LogP contribution in [-0.4, -0.2) is 10.2 Å². The summed E-state index contributed by atoms with van der Waals surface area (Å²) in [6, 6.07) is 11.1. The minimum absolute atomic E-state index is 0.139. The zero-order valence-electron chi connectivity index (χ0n) is 21.1. The Balaban J connectivity index is 1.96. The van der Waals surface area contributed by atoms with Crippen molar-refractivity contribution in [3.63, 3.8) is 0 Å². The minimum Gasteiger partial charge on any atom is -0.504 e. The Kier molecular flexibility index (Phi) is 13.5. The molecule has 0 atom stereocenters. The van der Waals surface area contributed by atoms with Crippen LogP contribution in [0, 0.1) is 0 Å². The van der Waals surface area contributed by atoms with E-state index in [2.05, 4.69) is 13.8 Å². The highest BCUT2D eigenvalue weighted by molar-refractivity contribution is 5.53. The number of aromatic hydroxyl groups is 2. The molecule has 0 aliphatic carbocycles. The van der Waals surface area contributed by atoms with Gasteiger partial charge in [-0.2, -0.15) is 0 Å². The summed E-state index contributed by atoms with van der Waals surface area (Å²) in [6.07, 6.45) is 19.3. The smallest absolute Gasteiger partial charge is 0.172 e. The third-order valence-corrected chi connectivity index (χ3v) is 6.46. The van der Waals surface area contributed by atoms with Gasteiger partial charge in [-0.3, -0.25) is 0 Å². The molecule has 0 unspecified atom stereocenters. The number of hydrogen-bond acceptors (Lipinski definition) is 3. The molecule has 0 spiro atoms. The van der Waals surface area contributed by atoms with Gasteiger partial charge < -0.3 is 14.9 Å². The number of rotatable bonds is 18. The monoisotopic (exact) mass is 454 g/mol. The first-order valence-electron chi connectivity index (χ1n) is 13.5. The maximum absolute atomic E-state index is 10.5. The molecule has 0 radical (unpaired) electrons. The molecule has 0 saturated carbocycles. The fourth-order valence-electron chi connectivity index (χ4n) is 4.42. The summed E-state index contributed by atoms with van der Waals surface area (Å²) in [7, 11) is 0. The van der Waals surface area contributed by atoms with Crippen LogP contribution in [-0.2, 0) is 12.8 Å². The predicted molar refractivity (Wildman–Crippen MR) is 140 cm³/mol. The summed E-state index contributed by atoms with van der Waals surface area (Å²) in [5.74, 6) is 1.26. The Hall–Kier alpha value is -2.16. The molecule has 0 aromatic heterocycles. The van der Waals surface area contributed by atoms with Crippen LogP contribution >= 0.6 is 0 Å². The highest BCUT2D eigenvalue weighted by Gasteiger charge is 2.16. The van der Waals surface area contributed by atoms with E-state index in [4.69, 9.17) is 4.74 Å². The van der Waals surface area contributed by atoms with Gasteiger partial charge in [-0.05, 0) is 48.9 Å². The molecule has 0 bridgehead atoms. The summed E-state index contributed by atoms with van der Waals surface area (Å²) in [5, 5.41) is 21.1. The number of para-hydroxylation sites is 2. The van der Waals surface area contributed by atoms with Crippen LogP contribution in [0.25, 0.3) is 0 Å². The number of unbranched alkanes of at least 4 members (excludes halogenated alkanes) is 12. The molecule has 0 aliphatic rings. The van der Waals surface area contributed by atoms with Crippen molar-refractivity contribution in [1.29, 1.82) is 0 Å². The molecule has 0 amide bonds. The molecule has 0 heterocycles. The van der Waals surface area contributed by atoms with Gasteiger partial charge in [0.25, 0.3) is 0 Å². The second-order valence-electron chi connectivity index (χ2n) is 9.38. The van der Waals surface area contributed by atoms with Crippen molar-refractivity contribution in [2.75, 3.05) is 0 Å². The molecule has 2 rings (SSSR count). The van der Waals surface area contributed by atoms with Crippen LogP contribution in [0.2, 0.25) is 0 Å². The number of hydrogen-bond donors (Lipinski definition) is 2. The van der Waals surface area contributed by atoms with Crippen LogP contribution in [0.5, 0.6) is 23.0 Å². The van der Waals surface area contributed by atoms with Crippen molar-refractivity contribution < 1.29 is 14.9 Å². The summed E-state index contributed by atoms with van der Waals surface area (Å²) < 4.78 is 6.22. The molecule has 2 aromatic carbocycles. The zero-order chi connectivity index (χ0) is 23.7. The lowest BCUT2D eigenvalue weighted by Gasteiger charge is -2.17. The maximum atomic E-state index is 10.5. The summed E-state index contributed by atoms with van der Waals surface area (Å²) in [4.78, 5) is 0. The van der Waals surface area contributed by atoms with Crippen molar-refractivity contribution >= 4 is 0 Å². The second-order valence-corrected chi connectivity index (χ2v) is 9.38. The lowest BCUT2D eigenvalue weighted by Crippen LogP contribution is -1.97. The Morgan fingerprint density at radius 1 is 0.515 bits per heavy atom. The number of phenolic OH excluding ortho intramolecular Hbond substituents is 2. The lowest BCUT2D eigenvalue weighted by molar-refractivity contribution is 0.378. The van der Waals surface area contributed by atoms with Gasteiger partial charge in [0.2, 0.25) is 0 Å². The predicted octanol–water partition coefficient (Wildman–Crippen LogP) is 9.48. The molecule has 0 fully saturated rings. The van der Waals surface area contributed by atoms with Gasteiger partial charge in [0.1, 0.15) is 0 Å². The Morgan fingerprint density at radius 3 is 1.27 bits per heavy atom. The third-order valence-electron chi connectivity index (χ3n) is 6.46. The van der Waals surface area contributed by atoms with Crippen molar-refractivity contribution in [1.82, 2.24) is 0 Å². The molecule has 2 N–H and O–H groups in total. The zero-order valence-corrected chi connectivity index (χ0v) is 21.1. The molecular formula is C30H46O3. The SMILES string of the molecule is CCCCCCCCCc1cccc(O)c1Oc1c(O)cccc1CCCCCCCCC. The number of benzene rings is 2. The van der Waals surface area contributed by atoms with E-state index in [1.165, 1.54) is 77.0 Å². The van der Waals surface area contributed by atoms with Crippen LogP contribution in [0.4, 0.5) is 0 Å². The van der Waals surface area contributed by atoms with Crippen LogP contribution in [0.1, 0.15) is 115 Å². The Bertz CT molecular complexity index is 719. The number of ether oxygens (including phenoxy) is 1. The average molecular weight is 455 g/mol. The van der Waals surface area contributed by atoms with Gasteiger partial charge in [-0.15, -0.1) is 0 Å². The van der Waals surface area contributed by atoms with Gasteiger partial charge in [0, 0.05) is 0 Å². The van der Waals surface area contributed by atoms with Crippen molar-refractivity contribution in [2.45, 2.75) is 117 Å². The highest BCUT2D eigenvalue weighted by atomic mass is 16.5. The van der Waals surface area contributed by atoms with Gasteiger partial charge in [0.05, 0.1) is 0 Å². The van der Waals surface area contributed by atoms with Crippen LogP contribution < -0.4 is 4.74 Å². The lowest BCUT2D eigenvalue weighted by atomic mass is 10.0. The van der Waals surface area contributed by atoms with Crippen molar-refractivity contribution in [3.05, 3.63) is 47.5 Å². The molecular weight excluding hydrogens is 408 g/mol. The third kappa shape index (κ3) is 10.1. The van der Waals surface area contributed by atoms with Crippen LogP contribution in [0.3, 0.4) is 0 Å². The fraction of sp³-hybridized carbons (Fsp3) is 0.600. The topological polar surface area (TPSA) is 49.7 Å². The van der Waals surface area contributed by atoms with E-state index in [1.807, 2.05) is 24.3 Å². The summed E-state index contributed by atoms with van der Waals surface area (Å²) >= 11 is 0. The van der Waals surface area contributed by atoms with E-state index in [-0.39, 0.29) is 11.5 Å². The molecule has 0 aliphatic heterocycles. The maximum Gasteiger partial charge on any atom is 0.172 e. The first-order valence-corrected chi connectivity index (χ1v) is 13.5. The van der Waals surface area contributed by atoms with E-state index >= 15 is 0 Å². The molecule has 33 heavy (non-hydrogen) atoms. The van der Waals surface area contributed by atoms with Gasteiger partial charge >= 0.3 is 0 Å². The number of aryl methyl sites for hydroxylation is 2. The summed E-state index contributed by atoms with van der Waals surface area (Å²) in [6.45, 7) is 4.49. The average Bonchev–Trinajstić information content (AvgIpc) is 2.81. The Morgan fingerprint density at radius 2 is 0.879 bits per heavy atom. The first kappa shape index (κ1) is 27.1. The quantitative estimate of drug-likeness (QED) is 0.220. The largest absolute Gasteiger partial charge is 0.504 e. The highest BCUT2D eigenvalue weighted by Crippen LogP contribution is 2.41. The van der Waals surface area contributed by atoms with E-state index in [0.29, 0.717) is 11.5 Å². The normalized spacial score (nSPS) is 11.1. The molecule has 184 valence electrons. The minimum atomic E-state index is 0.139. The van der Waals surface area contributed by atoms with Crippen LogP contribution in [0.15, 0.2) is 36.4 Å². The summed E-state index contributed by atoms with van der Waals surface area (Å²) in [5.41, 5.74) is 2.02. The van der Waals surface area contributed by atoms with Crippen molar-refractivity contribution in [3.8, 4) is 23.0 Å².